The highest BCUT2D eigenvalue weighted by atomic mass is 35.5. The van der Waals surface area contributed by atoms with E-state index in [0.29, 0.717) is 5.02 Å². The number of hydrazone groups is 1. The molecule has 0 fully saturated rings. The van der Waals surface area contributed by atoms with Crippen LogP contribution in [0.4, 0.5) is 0 Å². The Hall–Kier alpha value is -1.00. The van der Waals surface area contributed by atoms with E-state index in [1.54, 1.807) is 0 Å². The van der Waals surface area contributed by atoms with Gasteiger partial charge in [-0.05, 0) is 51.0 Å². The zero-order valence-corrected chi connectivity index (χ0v) is 13.7. The molecule has 1 atom stereocenters. The lowest BCUT2D eigenvalue weighted by molar-refractivity contribution is -0.120. The van der Waals surface area contributed by atoms with Crippen LogP contribution in [0.5, 0.6) is 0 Å². The molecule has 3 nitrogen and oxygen atoms in total. The fourth-order valence-corrected chi connectivity index (χ4v) is 2.49. The Bertz CT molecular complexity index is 459. The van der Waals surface area contributed by atoms with Crippen LogP contribution in [-0.4, -0.2) is 16.9 Å². The summed E-state index contributed by atoms with van der Waals surface area (Å²) in [6.45, 7) is 5.94. The average molecular weight is 313 g/mol. The molecule has 0 aliphatic rings. The Morgan fingerprint density at radius 2 is 2.05 bits per heavy atom. The van der Waals surface area contributed by atoms with Gasteiger partial charge in [0.05, 0.1) is 5.25 Å². The molecule has 1 N–H and O–H groups in total. The van der Waals surface area contributed by atoms with Crippen molar-refractivity contribution in [2.45, 2.75) is 50.2 Å². The van der Waals surface area contributed by atoms with E-state index in [-0.39, 0.29) is 11.2 Å². The van der Waals surface area contributed by atoms with Gasteiger partial charge >= 0.3 is 0 Å². The van der Waals surface area contributed by atoms with Crippen molar-refractivity contribution < 1.29 is 4.79 Å². The Morgan fingerprint density at radius 3 is 2.65 bits per heavy atom. The maximum Gasteiger partial charge on any atom is 0.253 e. The number of unbranched alkanes of at least 4 members (excludes halogenated alkanes) is 1. The Kier molecular flexibility index (Phi) is 7.70. The van der Waals surface area contributed by atoms with Crippen LogP contribution in [0.1, 0.15) is 40.0 Å². The fraction of sp³-hybridized carbons (Fsp3) is 0.467. The molecular weight excluding hydrogens is 292 g/mol. The number of benzene rings is 1. The predicted octanol–water partition coefficient (Wildman–Crippen LogP) is 4.50. The molecule has 110 valence electrons. The molecule has 0 aliphatic carbocycles. The lowest BCUT2D eigenvalue weighted by atomic mass is 10.2. The zero-order chi connectivity index (χ0) is 15.0. The van der Waals surface area contributed by atoms with Gasteiger partial charge in [-0.1, -0.05) is 24.9 Å². The van der Waals surface area contributed by atoms with E-state index in [0.717, 1.165) is 29.9 Å². The van der Waals surface area contributed by atoms with Crippen molar-refractivity contribution in [2.75, 3.05) is 0 Å². The smallest absolute Gasteiger partial charge is 0.253 e. The molecule has 0 unspecified atom stereocenters. The second-order valence-corrected chi connectivity index (χ2v) is 6.49. The summed E-state index contributed by atoms with van der Waals surface area (Å²) < 4.78 is 0. The number of carbonyl (C=O) groups excluding carboxylic acids is 1. The van der Waals surface area contributed by atoms with E-state index >= 15 is 0 Å². The van der Waals surface area contributed by atoms with Gasteiger partial charge in [-0.25, -0.2) is 5.43 Å². The number of carbonyl (C=O) groups is 1. The summed E-state index contributed by atoms with van der Waals surface area (Å²) in [5, 5.41) is 4.62. The largest absolute Gasteiger partial charge is 0.272 e. The minimum atomic E-state index is -0.195. The number of rotatable bonds is 7. The van der Waals surface area contributed by atoms with Crippen molar-refractivity contribution in [3.05, 3.63) is 29.3 Å². The Morgan fingerprint density at radius 1 is 1.40 bits per heavy atom. The van der Waals surface area contributed by atoms with Gasteiger partial charge < -0.3 is 0 Å². The molecular formula is C15H21ClN2OS. The molecule has 0 aromatic heterocycles. The molecule has 0 spiro atoms. The highest BCUT2D eigenvalue weighted by Gasteiger charge is 2.13. The van der Waals surface area contributed by atoms with Crippen LogP contribution in [0, 0.1) is 0 Å². The predicted molar refractivity (Wildman–Crippen MR) is 87.5 cm³/mol. The molecule has 1 aromatic carbocycles. The molecule has 1 amide bonds. The highest BCUT2D eigenvalue weighted by molar-refractivity contribution is 8.00. The molecule has 0 saturated heterocycles. The van der Waals surface area contributed by atoms with Gasteiger partial charge in [0.1, 0.15) is 0 Å². The maximum absolute atomic E-state index is 11.9. The summed E-state index contributed by atoms with van der Waals surface area (Å²) in [5.74, 6) is -0.0826. The first-order valence-corrected chi connectivity index (χ1v) is 8.04. The second kappa shape index (κ2) is 9.03. The van der Waals surface area contributed by atoms with Crippen LogP contribution in [0.15, 0.2) is 34.3 Å². The summed E-state index contributed by atoms with van der Waals surface area (Å²) in [4.78, 5) is 12.9. The van der Waals surface area contributed by atoms with Crippen molar-refractivity contribution in [3.8, 4) is 0 Å². The van der Waals surface area contributed by atoms with Gasteiger partial charge in [0.15, 0.2) is 0 Å². The quantitative estimate of drug-likeness (QED) is 0.457. The molecule has 0 saturated carbocycles. The first-order valence-electron chi connectivity index (χ1n) is 6.78. The Labute approximate surface area is 130 Å². The van der Waals surface area contributed by atoms with Crippen molar-refractivity contribution in [2.24, 2.45) is 5.10 Å². The van der Waals surface area contributed by atoms with Gasteiger partial charge in [-0.3, -0.25) is 4.79 Å². The number of halogens is 1. The van der Waals surface area contributed by atoms with Gasteiger partial charge in [0.25, 0.3) is 5.91 Å². The number of amides is 1. The molecule has 0 bridgehead atoms. The fourth-order valence-electron chi connectivity index (χ4n) is 1.50. The summed E-state index contributed by atoms with van der Waals surface area (Å²) in [7, 11) is 0. The summed E-state index contributed by atoms with van der Waals surface area (Å²) >= 11 is 7.32. The lowest BCUT2D eigenvalue weighted by Crippen LogP contribution is -2.27. The van der Waals surface area contributed by atoms with Crippen LogP contribution in [0.25, 0.3) is 0 Å². The topological polar surface area (TPSA) is 41.5 Å². The van der Waals surface area contributed by atoms with E-state index in [4.69, 9.17) is 11.6 Å². The molecule has 0 heterocycles. The zero-order valence-electron chi connectivity index (χ0n) is 12.1. The van der Waals surface area contributed by atoms with Gasteiger partial charge in [-0.15, -0.1) is 11.8 Å². The van der Waals surface area contributed by atoms with E-state index in [1.807, 2.05) is 38.1 Å². The van der Waals surface area contributed by atoms with Crippen LogP contribution in [0.2, 0.25) is 5.02 Å². The first kappa shape index (κ1) is 17.1. The minimum Gasteiger partial charge on any atom is -0.272 e. The SMILES string of the molecule is CCCC/C(C)=N\NC(=O)[C@@H](C)Sc1ccc(Cl)cc1. The molecule has 0 aliphatic heterocycles. The molecule has 1 aromatic rings. The second-order valence-electron chi connectivity index (χ2n) is 4.64. The summed E-state index contributed by atoms with van der Waals surface area (Å²) in [5.41, 5.74) is 3.59. The third-order valence-electron chi connectivity index (χ3n) is 2.74. The summed E-state index contributed by atoms with van der Waals surface area (Å²) in [6, 6.07) is 7.46. The summed E-state index contributed by atoms with van der Waals surface area (Å²) in [6.07, 6.45) is 3.15. The van der Waals surface area contributed by atoms with Gasteiger partial charge in [-0.2, -0.15) is 5.10 Å². The lowest BCUT2D eigenvalue weighted by Gasteiger charge is -2.10. The van der Waals surface area contributed by atoms with Crippen LogP contribution < -0.4 is 5.43 Å². The van der Waals surface area contributed by atoms with Crippen LogP contribution in [0.3, 0.4) is 0 Å². The third-order valence-corrected chi connectivity index (χ3v) is 4.11. The molecule has 1 rings (SSSR count). The molecule has 0 radical (unpaired) electrons. The van der Waals surface area contributed by atoms with Crippen molar-refractivity contribution in [3.63, 3.8) is 0 Å². The normalized spacial score (nSPS) is 13.1. The van der Waals surface area contributed by atoms with E-state index < -0.39 is 0 Å². The van der Waals surface area contributed by atoms with Gasteiger partial charge in [0.2, 0.25) is 0 Å². The van der Waals surface area contributed by atoms with Gasteiger partial charge in [0, 0.05) is 15.6 Å². The molecule has 20 heavy (non-hydrogen) atoms. The van der Waals surface area contributed by atoms with Crippen molar-refractivity contribution in [1.82, 2.24) is 5.43 Å². The number of nitrogens with one attached hydrogen (secondary N) is 1. The Balaban J connectivity index is 2.44. The third kappa shape index (κ3) is 6.44. The average Bonchev–Trinajstić information content (AvgIpc) is 2.44. The molecule has 5 heteroatoms. The van der Waals surface area contributed by atoms with Crippen LogP contribution in [-0.2, 0) is 4.79 Å². The minimum absolute atomic E-state index is 0.0826. The highest BCUT2D eigenvalue weighted by Crippen LogP contribution is 2.24. The number of nitrogens with zero attached hydrogens (tertiary/aromatic N) is 1. The van der Waals surface area contributed by atoms with Crippen LogP contribution >= 0.6 is 23.4 Å². The maximum atomic E-state index is 11.9. The van der Waals surface area contributed by atoms with Crippen molar-refractivity contribution >= 4 is 35.0 Å². The number of hydrogen-bond donors (Lipinski definition) is 1. The van der Waals surface area contributed by atoms with E-state index in [2.05, 4.69) is 17.5 Å². The number of thioether (sulfide) groups is 1. The standard InChI is InChI=1S/C15H21ClN2OS/c1-4-5-6-11(2)17-18-15(19)12(3)20-14-9-7-13(16)8-10-14/h7-10,12H,4-6H2,1-3H3,(H,18,19)/b17-11-/t12-/m1/s1. The monoisotopic (exact) mass is 312 g/mol. The first-order chi connectivity index (χ1) is 9.52. The van der Waals surface area contributed by atoms with E-state index in [1.165, 1.54) is 11.8 Å². The van der Waals surface area contributed by atoms with Crippen molar-refractivity contribution in [1.29, 1.82) is 0 Å². The van der Waals surface area contributed by atoms with E-state index in [9.17, 15) is 4.79 Å². The number of hydrogen-bond acceptors (Lipinski definition) is 3.